The lowest BCUT2D eigenvalue weighted by molar-refractivity contribution is -0.577. The second-order valence-corrected chi connectivity index (χ2v) is 9.02. The first-order valence-corrected chi connectivity index (χ1v) is 10.5. The number of hydrogen-bond acceptors (Lipinski definition) is 6. The molecule has 0 amide bonds. The van der Waals surface area contributed by atoms with Crippen molar-refractivity contribution in [1.29, 1.82) is 0 Å². The van der Waals surface area contributed by atoms with Gasteiger partial charge in [0.2, 0.25) is 12.1 Å². The molecule has 5 aliphatic rings. The molecule has 4 aliphatic heterocycles. The molecule has 152 valence electrons. The van der Waals surface area contributed by atoms with Crippen LogP contribution in [0.15, 0.2) is 35.5 Å². The molecule has 0 N–H and O–H groups in total. The maximum Gasteiger partial charge on any atom is 0.232 e. The zero-order valence-corrected chi connectivity index (χ0v) is 16.7. The fourth-order valence-electron chi connectivity index (χ4n) is 5.68. The van der Waals surface area contributed by atoms with Crippen LogP contribution in [0, 0.1) is 23.7 Å². The van der Waals surface area contributed by atoms with E-state index in [4.69, 9.17) is 24.1 Å². The van der Waals surface area contributed by atoms with Gasteiger partial charge in [-0.1, -0.05) is 49.3 Å². The van der Waals surface area contributed by atoms with Crippen molar-refractivity contribution in [3.63, 3.8) is 0 Å². The topological polar surface area (TPSA) is 58.5 Å². The highest BCUT2D eigenvalue weighted by Crippen LogP contribution is 2.60. The van der Waals surface area contributed by atoms with Gasteiger partial charge in [0.1, 0.15) is 0 Å². The predicted molar refractivity (Wildman–Crippen MR) is 102 cm³/mol. The molecule has 4 heterocycles. The van der Waals surface area contributed by atoms with Crippen LogP contribution in [0.4, 0.5) is 0 Å². The van der Waals surface area contributed by atoms with Crippen LogP contribution < -0.4 is 0 Å². The average molecular weight is 387 g/mol. The van der Waals surface area contributed by atoms with Crippen LogP contribution >= 0.6 is 0 Å². The molecule has 6 nitrogen and oxygen atoms in total. The molecular weight excluding hydrogens is 358 g/mol. The summed E-state index contributed by atoms with van der Waals surface area (Å²) in [5.74, 6) is 0.504. The number of rotatable bonds is 3. The van der Waals surface area contributed by atoms with Gasteiger partial charge in [0.05, 0.1) is 6.21 Å². The number of benzene rings is 1. The Labute approximate surface area is 166 Å². The molecule has 0 radical (unpaired) electrons. The van der Waals surface area contributed by atoms with Gasteiger partial charge in [-0.25, -0.2) is 9.78 Å². The summed E-state index contributed by atoms with van der Waals surface area (Å²) in [5, 5.41) is 4.20. The first kappa shape index (κ1) is 18.6. The highest BCUT2D eigenvalue weighted by molar-refractivity contribution is 5.78. The Morgan fingerprint density at radius 3 is 2.71 bits per heavy atom. The Morgan fingerprint density at radius 2 is 1.89 bits per heavy atom. The smallest absolute Gasteiger partial charge is 0.232 e. The lowest BCUT2D eigenvalue weighted by atomic mass is 9.58. The number of oxime groups is 1. The van der Waals surface area contributed by atoms with Gasteiger partial charge in [-0.3, -0.25) is 0 Å². The fraction of sp³-hybridized carbons (Fsp3) is 0.682. The Hall–Kier alpha value is -1.47. The lowest BCUT2D eigenvalue weighted by Gasteiger charge is -2.59. The first-order valence-electron chi connectivity index (χ1n) is 10.5. The van der Waals surface area contributed by atoms with Crippen LogP contribution in [0.2, 0.25) is 0 Å². The normalized spacial score (nSPS) is 47.5. The molecule has 6 rings (SSSR count). The van der Waals surface area contributed by atoms with Gasteiger partial charge in [0.25, 0.3) is 0 Å². The van der Waals surface area contributed by atoms with Gasteiger partial charge in [0.15, 0.2) is 11.9 Å². The summed E-state index contributed by atoms with van der Waals surface area (Å²) < 4.78 is 12.7. The van der Waals surface area contributed by atoms with E-state index in [1.165, 1.54) is 6.42 Å². The molecule has 4 saturated heterocycles. The van der Waals surface area contributed by atoms with E-state index in [1.54, 1.807) is 6.21 Å². The van der Waals surface area contributed by atoms with Crippen LogP contribution in [0.1, 0.15) is 52.0 Å². The van der Waals surface area contributed by atoms with E-state index in [0.717, 1.165) is 24.8 Å². The summed E-state index contributed by atoms with van der Waals surface area (Å²) in [6, 6.07) is 9.90. The summed E-state index contributed by atoms with van der Waals surface area (Å²) in [5.41, 5.74) is 0.429. The van der Waals surface area contributed by atoms with Crippen LogP contribution in [-0.2, 0) is 24.1 Å². The van der Waals surface area contributed by atoms with Gasteiger partial charge < -0.3 is 14.3 Å². The largest absolute Gasteiger partial charge is 0.363 e. The Morgan fingerprint density at radius 1 is 1.07 bits per heavy atom. The molecule has 1 aromatic carbocycles. The van der Waals surface area contributed by atoms with Crippen molar-refractivity contribution < 1.29 is 24.1 Å². The van der Waals surface area contributed by atoms with E-state index < -0.39 is 24.0 Å². The van der Waals surface area contributed by atoms with Gasteiger partial charge in [-0.15, -0.1) is 0 Å². The van der Waals surface area contributed by atoms with E-state index in [-0.39, 0.29) is 11.8 Å². The lowest BCUT2D eigenvalue weighted by Crippen LogP contribution is -2.70. The van der Waals surface area contributed by atoms with Crippen molar-refractivity contribution in [2.45, 2.75) is 70.4 Å². The van der Waals surface area contributed by atoms with E-state index >= 15 is 0 Å². The van der Waals surface area contributed by atoms with Gasteiger partial charge in [-0.2, -0.15) is 0 Å². The minimum Gasteiger partial charge on any atom is -0.363 e. The Balaban J connectivity index is 1.41. The van der Waals surface area contributed by atoms with Gasteiger partial charge in [0, 0.05) is 18.3 Å². The molecule has 6 heteroatoms. The molecule has 0 aromatic heterocycles. The van der Waals surface area contributed by atoms with Crippen molar-refractivity contribution in [2.24, 2.45) is 28.8 Å². The molecule has 1 saturated carbocycles. The maximum absolute atomic E-state index is 6.33. The van der Waals surface area contributed by atoms with Gasteiger partial charge >= 0.3 is 0 Å². The molecule has 1 aliphatic carbocycles. The van der Waals surface area contributed by atoms with Crippen molar-refractivity contribution in [3.8, 4) is 0 Å². The maximum atomic E-state index is 6.33. The molecule has 2 bridgehead atoms. The Kier molecular flexibility index (Phi) is 4.51. The summed E-state index contributed by atoms with van der Waals surface area (Å²) in [7, 11) is 0. The highest BCUT2D eigenvalue weighted by atomic mass is 17.3. The summed E-state index contributed by atoms with van der Waals surface area (Å²) in [6.45, 7) is 6.41. The summed E-state index contributed by atoms with van der Waals surface area (Å²) in [4.78, 5) is 17.8. The monoisotopic (exact) mass is 387 g/mol. The number of hydrogen-bond donors (Lipinski definition) is 0. The van der Waals surface area contributed by atoms with E-state index in [1.807, 2.05) is 37.3 Å². The standard InChI is InChI=1S/C22H29NO5/c1-14-9-10-18-15(2)19(26-23-13-16-7-5-4-6-8-16)24-20-22(18)17(14)11-12-21(3,25-20)27-28-22/h4-8,13-15,17-20H,9-12H2,1-3H3/t14-,15-,17?,18?,19?,20?,21+,22-/m1/s1. The summed E-state index contributed by atoms with van der Waals surface area (Å²) >= 11 is 0. The fourth-order valence-corrected chi connectivity index (χ4v) is 5.68. The second kappa shape index (κ2) is 6.80. The molecule has 1 spiro atoms. The van der Waals surface area contributed by atoms with Crippen LogP contribution in [-0.4, -0.2) is 30.2 Å². The number of nitrogens with zero attached hydrogens (tertiary/aromatic N) is 1. The van der Waals surface area contributed by atoms with E-state index in [9.17, 15) is 0 Å². The van der Waals surface area contributed by atoms with Crippen molar-refractivity contribution in [1.82, 2.24) is 0 Å². The van der Waals surface area contributed by atoms with Crippen LogP contribution in [0.3, 0.4) is 0 Å². The third kappa shape index (κ3) is 2.81. The predicted octanol–water partition coefficient (Wildman–Crippen LogP) is 4.25. The molecule has 5 fully saturated rings. The second-order valence-electron chi connectivity index (χ2n) is 9.02. The summed E-state index contributed by atoms with van der Waals surface area (Å²) in [6.07, 6.45) is 4.80. The first-order chi connectivity index (χ1) is 13.5. The van der Waals surface area contributed by atoms with E-state index in [0.29, 0.717) is 11.8 Å². The average Bonchev–Trinajstić information content (AvgIpc) is 2.92. The number of fused-ring (bicyclic) bond motifs is 2. The molecule has 1 aromatic rings. The minimum atomic E-state index is -0.768. The minimum absolute atomic E-state index is 0.119. The van der Waals surface area contributed by atoms with Crippen LogP contribution in [0.25, 0.3) is 0 Å². The number of ether oxygens (including phenoxy) is 2. The van der Waals surface area contributed by atoms with Gasteiger partial charge in [-0.05, 0) is 43.6 Å². The van der Waals surface area contributed by atoms with Crippen molar-refractivity contribution >= 4 is 6.21 Å². The third-order valence-corrected chi connectivity index (χ3v) is 7.26. The van der Waals surface area contributed by atoms with E-state index in [2.05, 4.69) is 19.0 Å². The third-order valence-electron chi connectivity index (χ3n) is 7.26. The quantitative estimate of drug-likeness (QED) is 0.441. The molecule has 4 unspecified atom stereocenters. The van der Waals surface area contributed by atoms with Crippen LogP contribution in [0.5, 0.6) is 0 Å². The van der Waals surface area contributed by atoms with Crippen molar-refractivity contribution in [2.75, 3.05) is 0 Å². The highest BCUT2D eigenvalue weighted by Gasteiger charge is 2.69. The van der Waals surface area contributed by atoms with Crippen molar-refractivity contribution in [3.05, 3.63) is 35.9 Å². The zero-order valence-electron chi connectivity index (χ0n) is 16.7. The Bertz CT molecular complexity index is 742. The molecule has 8 atom stereocenters. The SMILES string of the molecule is C[C@H]1C(ON=Cc2ccccc2)OC2O[C@]3(C)CCC4[C@H](C)CCC1[C@@]24OO3. The zero-order chi connectivity index (χ0) is 19.4. The molecule has 28 heavy (non-hydrogen) atoms. The molecular formula is C22H29NO5.